The number of amides is 1. The normalized spacial score (nSPS) is 12.4. The molecule has 0 fully saturated rings. The number of aryl methyl sites for hydroxylation is 1. The maximum Gasteiger partial charge on any atom is 0.237 e. The van der Waals surface area contributed by atoms with E-state index in [1.54, 1.807) is 6.07 Å². The fourth-order valence-electron chi connectivity index (χ4n) is 2.81. The van der Waals surface area contributed by atoms with Crippen LogP contribution in [0.5, 0.6) is 0 Å². The zero-order valence-electron chi connectivity index (χ0n) is 14.8. The lowest BCUT2D eigenvalue weighted by Crippen LogP contribution is -2.22. The Morgan fingerprint density at radius 2 is 1.96 bits per heavy atom. The molecule has 2 heterocycles. The van der Waals surface area contributed by atoms with Gasteiger partial charge >= 0.3 is 0 Å². The Kier molecular flexibility index (Phi) is 4.76. The van der Waals surface area contributed by atoms with E-state index in [-0.39, 0.29) is 11.2 Å². The first kappa shape index (κ1) is 17.8. The molecule has 4 rings (SSSR count). The van der Waals surface area contributed by atoms with Crippen molar-refractivity contribution >= 4 is 51.5 Å². The third kappa shape index (κ3) is 3.50. The Balaban J connectivity index is 1.59. The van der Waals surface area contributed by atoms with Crippen LogP contribution in [0.25, 0.3) is 16.6 Å². The molecule has 0 aliphatic rings. The number of fused-ring (bicyclic) bond motifs is 3. The molecule has 4 aromatic rings. The van der Waals surface area contributed by atoms with E-state index in [1.165, 1.54) is 11.8 Å². The molecule has 7 heteroatoms. The van der Waals surface area contributed by atoms with Crippen molar-refractivity contribution in [3.8, 4) is 0 Å². The van der Waals surface area contributed by atoms with Gasteiger partial charge in [0.25, 0.3) is 0 Å². The fourth-order valence-corrected chi connectivity index (χ4v) is 3.86. The SMILES string of the molecule is Cc1ccc(NC(=O)C(C)Sc2nnc3ccc4ccccc4n23)cc1Cl. The van der Waals surface area contributed by atoms with Gasteiger partial charge in [0.05, 0.1) is 10.8 Å². The number of nitrogens with one attached hydrogen (secondary N) is 1. The third-order valence-electron chi connectivity index (χ3n) is 4.34. The zero-order chi connectivity index (χ0) is 19.0. The molecule has 2 aromatic carbocycles. The topological polar surface area (TPSA) is 59.3 Å². The number of benzene rings is 2. The molecule has 0 bridgehead atoms. The molecule has 5 nitrogen and oxygen atoms in total. The number of rotatable bonds is 4. The van der Waals surface area contributed by atoms with E-state index in [0.717, 1.165) is 22.1 Å². The first-order valence-electron chi connectivity index (χ1n) is 8.49. The van der Waals surface area contributed by atoms with Gasteiger partial charge in [0.1, 0.15) is 0 Å². The maximum atomic E-state index is 12.6. The van der Waals surface area contributed by atoms with Crippen LogP contribution in [0.2, 0.25) is 5.02 Å². The van der Waals surface area contributed by atoms with E-state index >= 15 is 0 Å². The second-order valence-corrected chi connectivity index (χ2v) is 8.00. The van der Waals surface area contributed by atoms with E-state index in [9.17, 15) is 4.79 Å². The van der Waals surface area contributed by atoms with Crippen molar-refractivity contribution in [2.45, 2.75) is 24.3 Å². The Bertz CT molecular complexity index is 1160. The summed E-state index contributed by atoms with van der Waals surface area (Å²) in [6.45, 7) is 3.77. The van der Waals surface area contributed by atoms with Gasteiger partial charge in [-0.3, -0.25) is 9.20 Å². The zero-order valence-corrected chi connectivity index (χ0v) is 16.4. The van der Waals surface area contributed by atoms with Crippen LogP contribution < -0.4 is 5.32 Å². The minimum absolute atomic E-state index is 0.114. The summed E-state index contributed by atoms with van der Waals surface area (Å²) in [5, 5.41) is 13.5. The molecule has 1 atom stereocenters. The minimum atomic E-state index is -0.351. The number of hydrogen-bond donors (Lipinski definition) is 1. The van der Waals surface area contributed by atoms with Gasteiger partial charge in [0.15, 0.2) is 10.8 Å². The first-order valence-corrected chi connectivity index (χ1v) is 9.75. The largest absolute Gasteiger partial charge is 0.325 e. The maximum absolute atomic E-state index is 12.6. The summed E-state index contributed by atoms with van der Waals surface area (Å²) in [7, 11) is 0. The van der Waals surface area contributed by atoms with Crippen LogP contribution in [-0.2, 0) is 4.79 Å². The molecular formula is C20H17ClN4OS. The van der Waals surface area contributed by atoms with Gasteiger partial charge < -0.3 is 5.32 Å². The van der Waals surface area contributed by atoms with Gasteiger partial charge in [-0.25, -0.2) is 0 Å². The highest BCUT2D eigenvalue weighted by molar-refractivity contribution is 8.00. The molecule has 27 heavy (non-hydrogen) atoms. The van der Waals surface area contributed by atoms with Crippen molar-refractivity contribution in [3.63, 3.8) is 0 Å². The van der Waals surface area contributed by atoms with Gasteiger partial charge in [-0.15, -0.1) is 10.2 Å². The molecule has 1 unspecified atom stereocenters. The van der Waals surface area contributed by atoms with Crippen molar-refractivity contribution in [2.75, 3.05) is 5.32 Å². The van der Waals surface area contributed by atoms with Crippen molar-refractivity contribution in [1.82, 2.24) is 14.6 Å². The summed E-state index contributed by atoms with van der Waals surface area (Å²) in [5.41, 5.74) is 3.42. The first-order chi connectivity index (χ1) is 13.0. The van der Waals surface area contributed by atoms with Crippen molar-refractivity contribution in [2.24, 2.45) is 0 Å². The highest BCUT2D eigenvalue weighted by Crippen LogP contribution is 2.27. The highest BCUT2D eigenvalue weighted by Gasteiger charge is 2.19. The standard InChI is InChI=1S/C20H17ClN4OS/c1-12-7-9-15(11-16(12)21)22-19(26)13(2)27-20-24-23-18-10-8-14-5-3-4-6-17(14)25(18)20/h3-11,13H,1-2H3,(H,22,26). The quantitative estimate of drug-likeness (QED) is 0.495. The van der Waals surface area contributed by atoms with Gasteiger partial charge in [-0.2, -0.15) is 0 Å². The van der Waals surface area contributed by atoms with E-state index in [4.69, 9.17) is 11.6 Å². The number of hydrogen-bond acceptors (Lipinski definition) is 4. The van der Waals surface area contributed by atoms with E-state index < -0.39 is 0 Å². The number of nitrogens with zero attached hydrogens (tertiary/aromatic N) is 3. The predicted octanol–water partition coefficient (Wildman–Crippen LogP) is 4.96. The summed E-state index contributed by atoms with van der Waals surface area (Å²) in [6, 6.07) is 17.5. The number of aromatic nitrogens is 3. The number of pyridine rings is 1. The summed E-state index contributed by atoms with van der Waals surface area (Å²) < 4.78 is 1.98. The number of thioether (sulfide) groups is 1. The summed E-state index contributed by atoms with van der Waals surface area (Å²) in [4.78, 5) is 12.6. The smallest absolute Gasteiger partial charge is 0.237 e. The number of anilines is 1. The molecule has 0 radical (unpaired) electrons. The summed E-state index contributed by atoms with van der Waals surface area (Å²) >= 11 is 7.51. The van der Waals surface area contributed by atoms with E-state index in [2.05, 4.69) is 15.5 Å². The number of para-hydroxylation sites is 1. The van der Waals surface area contributed by atoms with Crippen LogP contribution in [0.3, 0.4) is 0 Å². The minimum Gasteiger partial charge on any atom is -0.325 e. The third-order valence-corrected chi connectivity index (χ3v) is 5.79. The fraction of sp³-hybridized carbons (Fsp3) is 0.150. The van der Waals surface area contributed by atoms with E-state index in [0.29, 0.717) is 15.9 Å². The average molecular weight is 397 g/mol. The summed E-state index contributed by atoms with van der Waals surface area (Å²) in [6.07, 6.45) is 0. The molecule has 0 saturated carbocycles. The van der Waals surface area contributed by atoms with Gasteiger partial charge in [0, 0.05) is 10.7 Å². The molecular weight excluding hydrogens is 380 g/mol. The molecule has 2 aromatic heterocycles. The second kappa shape index (κ2) is 7.21. The number of halogens is 1. The average Bonchev–Trinajstić information content (AvgIpc) is 3.08. The lowest BCUT2D eigenvalue weighted by Gasteiger charge is -2.12. The van der Waals surface area contributed by atoms with Crippen LogP contribution >= 0.6 is 23.4 Å². The monoisotopic (exact) mass is 396 g/mol. The van der Waals surface area contributed by atoms with Crippen molar-refractivity contribution in [3.05, 3.63) is 65.2 Å². The molecule has 0 aliphatic heterocycles. The second-order valence-electron chi connectivity index (χ2n) is 6.28. The molecule has 136 valence electrons. The summed E-state index contributed by atoms with van der Waals surface area (Å²) in [5.74, 6) is -0.114. The van der Waals surface area contributed by atoms with Crippen LogP contribution in [0.1, 0.15) is 12.5 Å². The Hall–Kier alpha value is -2.57. The van der Waals surface area contributed by atoms with Crippen LogP contribution in [0, 0.1) is 6.92 Å². The Morgan fingerprint density at radius 1 is 1.15 bits per heavy atom. The highest BCUT2D eigenvalue weighted by atomic mass is 35.5. The molecule has 0 spiro atoms. The molecule has 1 amide bonds. The van der Waals surface area contributed by atoms with E-state index in [1.807, 2.05) is 66.8 Å². The van der Waals surface area contributed by atoms with Gasteiger partial charge in [0.2, 0.25) is 5.91 Å². The van der Waals surface area contributed by atoms with Crippen molar-refractivity contribution in [1.29, 1.82) is 0 Å². The molecule has 0 saturated heterocycles. The lowest BCUT2D eigenvalue weighted by molar-refractivity contribution is -0.115. The Morgan fingerprint density at radius 3 is 2.78 bits per heavy atom. The molecule has 0 aliphatic carbocycles. The van der Waals surface area contributed by atoms with Gasteiger partial charge in [-0.05, 0) is 55.1 Å². The lowest BCUT2D eigenvalue weighted by atomic mass is 10.2. The predicted molar refractivity (Wildman–Crippen MR) is 111 cm³/mol. The van der Waals surface area contributed by atoms with Crippen molar-refractivity contribution < 1.29 is 4.79 Å². The Labute approximate surface area is 165 Å². The van der Waals surface area contributed by atoms with Crippen LogP contribution in [0.4, 0.5) is 5.69 Å². The number of carbonyl (C=O) groups is 1. The van der Waals surface area contributed by atoms with Gasteiger partial charge in [-0.1, -0.05) is 47.6 Å². The van der Waals surface area contributed by atoms with Crippen LogP contribution in [0.15, 0.2) is 59.8 Å². The number of carbonyl (C=O) groups excluding carboxylic acids is 1. The van der Waals surface area contributed by atoms with Crippen LogP contribution in [-0.4, -0.2) is 25.8 Å². The molecule has 1 N–H and O–H groups in total.